The summed E-state index contributed by atoms with van der Waals surface area (Å²) in [5, 5.41) is 3.59. The van der Waals surface area contributed by atoms with Crippen molar-refractivity contribution < 1.29 is 0 Å². The first-order valence-electron chi connectivity index (χ1n) is 7.25. The minimum atomic E-state index is 0.287. The van der Waals surface area contributed by atoms with E-state index in [0.29, 0.717) is 6.04 Å². The van der Waals surface area contributed by atoms with Crippen molar-refractivity contribution in [3.63, 3.8) is 0 Å². The molecule has 0 bridgehead atoms. The molecule has 0 aromatic carbocycles. The predicted molar refractivity (Wildman–Crippen MR) is 82.4 cm³/mol. The molecule has 1 rings (SSSR count). The van der Waals surface area contributed by atoms with Crippen molar-refractivity contribution in [2.24, 2.45) is 5.41 Å². The second-order valence-electron chi connectivity index (χ2n) is 6.31. The highest BCUT2D eigenvalue weighted by Gasteiger charge is 2.24. The number of nitrogens with zero attached hydrogens (tertiary/aromatic N) is 2. The predicted octanol–water partition coefficient (Wildman–Crippen LogP) is 2.58. The molecule has 0 saturated carbocycles. The highest BCUT2D eigenvalue weighted by Crippen LogP contribution is 2.19. The number of nitrogens with one attached hydrogen (secondary N) is 1. The molecule has 1 heterocycles. The first-order chi connectivity index (χ1) is 8.93. The maximum absolute atomic E-state index is 4.37. The van der Waals surface area contributed by atoms with Gasteiger partial charge >= 0.3 is 0 Å². The average Bonchev–Trinajstić information content (AvgIpc) is 2.36. The second kappa shape index (κ2) is 7.61. The summed E-state index contributed by atoms with van der Waals surface area (Å²) in [7, 11) is 2.19. The quantitative estimate of drug-likeness (QED) is 0.819. The summed E-state index contributed by atoms with van der Waals surface area (Å²) in [6, 6.07) is 6.64. The Morgan fingerprint density at radius 1 is 1.32 bits per heavy atom. The molecule has 19 heavy (non-hydrogen) atoms. The topological polar surface area (TPSA) is 28.2 Å². The van der Waals surface area contributed by atoms with Crippen molar-refractivity contribution in [1.82, 2.24) is 15.2 Å². The van der Waals surface area contributed by atoms with E-state index in [2.05, 4.69) is 62.1 Å². The highest BCUT2D eigenvalue weighted by atomic mass is 15.1. The first kappa shape index (κ1) is 16.1. The molecule has 0 spiro atoms. The van der Waals surface area contributed by atoms with Crippen LogP contribution < -0.4 is 5.32 Å². The molecule has 0 aliphatic carbocycles. The first-order valence-corrected chi connectivity index (χ1v) is 7.25. The van der Waals surface area contributed by atoms with Gasteiger partial charge in [0, 0.05) is 37.4 Å². The van der Waals surface area contributed by atoms with Crippen LogP contribution in [0.4, 0.5) is 0 Å². The van der Waals surface area contributed by atoms with E-state index in [1.165, 1.54) is 5.69 Å². The van der Waals surface area contributed by atoms with E-state index in [9.17, 15) is 0 Å². The van der Waals surface area contributed by atoms with Gasteiger partial charge in [-0.05, 0) is 31.1 Å². The molecular formula is C16H29N3. The minimum Gasteiger partial charge on any atom is -0.312 e. The monoisotopic (exact) mass is 263 g/mol. The summed E-state index contributed by atoms with van der Waals surface area (Å²) in [6.45, 7) is 12.2. The molecule has 0 fully saturated rings. The number of likely N-dealkylation sites (N-methyl/N-ethyl adjacent to an activating group) is 2. The Balaban J connectivity index is 2.42. The van der Waals surface area contributed by atoms with Crippen molar-refractivity contribution in [1.29, 1.82) is 0 Å². The molecule has 1 aromatic heterocycles. The maximum atomic E-state index is 4.37. The number of pyridine rings is 1. The van der Waals surface area contributed by atoms with Gasteiger partial charge in [0.25, 0.3) is 0 Å². The van der Waals surface area contributed by atoms with E-state index in [-0.39, 0.29) is 5.41 Å². The molecule has 0 aliphatic rings. The van der Waals surface area contributed by atoms with Crippen molar-refractivity contribution in [3.8, 4) is 0 Å². The lowest BCUT2D eigenvalue weighted by molar-refractivity contribution is 0.197. The normalized spacial score (nSPS) is 13.8. The molecule has 0 aliphatic heterocycles. The van der Waals surface area contributed by atoms with Crippen LogP contribution in [0.25, 0.3) is 0 Å². The fourth-order valence-corrected chi connectivity index (χ4v) is 2.15. The Bertz CT molecular complexity index is 343. The van der Waals surface area contributed by atoms with Crippen molar-refractivity contribution >= 4 is 0 Å². The number of aromatic nitrogens is 1. The van der Waals surface area contributed by atoms with Gasteiger partial charge < -0.3 is 10.2 Å². The third-order valence-corrected chi connectivity index (χ3v) is 3.47. The zero-order valence-electron chi connectivity index (χ0n) is 13.1. The largest absolute Gasteiger partial charge is 0.312 e. The molecule has 3 heteroatoms. The van der Waals surface area contributed by atoms with E-state index in [4.69, 9.17) is 0 Å². The van der Waals surface area contributed by atoms with Crippen LogP contribution in [0.2, 0.25) is 0 Å². The molecule has 0 amide bonds. The van der Waals surface area contributed by atoms with Crippen LogP contribution in [-0.4, -0.2) is 42.6 Å². The van der Waals surface area contributed by atoms with Gasteiger partial charge in [0.1, 0.15) is 0 Å². The Hall–Kier alpha value is -0.930. The third kappa shape index (κ3) is 6.17. The van der Waals surface area contributed by atoms with Gasteiger partial charge in [-0.2, -0.15) is 0 Å². The fourth-order valence-electron chi connectivity index (χ4n) is 2.15. The molecule has 3 nitrogen and oxygen atoms in total. The van der Waals surface area contributed by atoms with Crippen LogP contribution in [0.1, 0.15) is 33.4 Å². The lowest BCUT2D eigenvalue weighted by atomic mass is 9.86. The van der Waals surface area contributed by atoms with Crippen LogP contribution in [0, 0.1) is 5.41 Å². The van der Waals surface area contributed by atoms with Gasteiger partial charge in [0.05, 0.1) is 0 Å². The van der Waals surface area contributed by atoms with Gasteiger partial charge in [-0.3, -0.25) is 4.98 Å². The molecule has 1 aromatic rings. The lowest BCUT2D eigenvalue weighted by Crippen LogP contribution is -2.48. The van der Waals surface area contributed by atoms with E-state index < -0.39 is 0 Å². The van der Waals surface area contributed by atoms with E-state index in [0.717, 1.165) is 26.1 Å². The van der Waals surface area contributed by atoms with Gasteiger partial charge in [0.15, 0.2) is 0 Å². The molecule has 1 unspecified atom stereocenters. The van der Waals surface area contributed by atoms with Gasteiger partial charge in [-0.25, -0.2) is 0 Å². The Kier molecular flexibility index (Phi) is 6.46. The Labute approximate surface area is 118 Å². The summed E-state index contributed by atoms with van der Waals surface area (Å²) in [5.41, 5.74) is 1.46. The highest BCUT2D eigenvalue weighted by molar-refractivity contribution is 5.03. The van der Waals surface area contributed by atoms with Gasteiger partial charge in [0.2, 0.25) is 0 Å². The minimum absolute atomic E-state index is 0.287. The zero-order chi connectivity index (χ0) is 14.3. The molecular weight excluding hydrogens is 234 g/mol. The molecule has 0 saturated heterocycles. The SMILES string of the molecule is CCNC(CN(C)CCc1ccccn1)C(C)(C)C. The number of hydrogen-bond acceptors (Lipinski definition) is 3. The standard InChI is InChI=1S/C16H29N3/c1-6-17-15(16(2,3)4)13-19(5)12-10-14-9-7-8-11-18-14/h7-9,11,15,17H,6,10,12-13H2,1-5H3. The summed E-state index contributed by atoms with van der Waals surface area (Å²) < 4.78 is 0. The van der Waals surface area contributed by atoms with Crippen LogP contribution >= 0.6 is 0 Å². The van der Waals surface area contributed by atoms with Crippen LogP contribution in [0.5, 0.6) is 0 Å². The van der Waals surface area contributed by atoms with Crippen LogP contribution in [0.15, 0.2) is 24.4 Å². The third-order valence-electron chi connectivity index (χ3n) is 3.47. The van der Waals surface area contributed by atoms with Crippen molar-refractivity contribution in [3.05, 3.63) is 30.1 Å². The Morgan fingerprint density at radius 3 is 2.58 bits per heavy atom. The summed E-state index contributed by atoms with van der Waals surface area (Å²) >= 11 is 0. The van der Waals surface area contributed by atoms with E-state index >= 15 is 0 Å². The zero-order valence-corrected chi connectivity index (χ0v) is 13.1. The number of rotatable bonds is 7. The van der Waals surface area contributed by atoms with E-state index in [1.54, 1.807) is 0 Å². The van der Waals surface area contributed by atoms with Gasteiger partial charge in [-0.15, -0.1) is 0 Å². The van der Waals surface area contributed by atoms with Crippen molar-refractivity contribution in [2.75, 3.05) is 26.7 Å². The van der Waals surface area contributed by atoms with Crippen molar-refractivity contribution in [2.45, 2.75) is 40.2 Å². The van der Waals surface area contributed by atoms with Crippen LogP contribution in [0.3, 0.4) is 0 Å². The summed E-state index contributed by atoms with van der Waals surface area (Å²) in [4.78, 5) is 6.77. The summed E-state index contributed by atoms with van der Waals surface area (Å²) in [5.74, 6) is 0. The molecule has 1 N–H and O–H groups in total. The molecule has 1 atom stereocenters. The van der Waals surface area contributed by atoms with E-state index in [1.807, 2.05) is 12.3 Å². The maximum Gasteiger partial charge on any atom is 0.0416 e. The Morgan fingerprint density at radius 2 is 2.05 bits per heavy atom. The molecule has 0 radical (unpaired) electrons. The molecule has 108 valence electrons. The lowest BCUT2D eigenvalue weighted by Gasteiger charge is -2.34. The number of hydrogen-bond donors (Lipinski definition) is 1. The van der Waals surface area contributed by atoms with Crippen LogP contribution in [-0.2, 0) is 6.42 Å². The average molecular weight is 263 g/mol. The van der Waals surface area contributed by atoms with Gasteiger partial charge in [-0.1, -0.05) is 33.8 Å². The smallest absolute Gasteiger partial charge is 0.0416 e. The second-order valence-corrected chi connectivity index (χ2v) is 6.31. The fraction of sp³-hybridized carbons (Fsp3) is 0.688. The summed E-state index contributed by atoms with van der Waals surface area (Å²) in [6.07, 6.45) is 2.88.